The lowest BCUT2D eigenvalue weighted by atomic mass is 10.1. The normalized spacial score (nSPS) is 19.6. The molecular formula is C11H22O9. The molecule has 7 N–H and O–H groups in total. The molecule has 20 heavy (non-hydrogen) atoms. The van der Waals surface area contributed by atoms with Crippen molar-refractivity contribution in [2.24, 2.45) is 0 Å². The molecule has 6 unspecified atom stereocenters. The van der Waals surface area contributed by atoms with Crippen molar-refractivity contribution in [2.75, 3.05) is 6.61 Å². The first-order valence-electron chi connectivity index (χ1n) is 5.81. The minimum absolute atomic E-state index is 0.0935. The van der Waals surface area contributed by atoms with Crippen LogP contribution in [0.2, 0.25) is 0 Å². The highest BCUT2D eigenvalue weighted by molar-refractivity contribution is 5.56. The number of rotatable bonds is 8. The highest BCUT2D eigenvalue weighted by Gasteiger charge is 2.27. The summed E-state index contributed by atoms with van der Waals surface area (Å²) in [5.41, 5.74) is 0. The van der Waals surface area contributed by atoms with Crippen LogP contribution in [0.4, 0.5) is 0 Å². The van der Waals surface area contributed by atoms with Crippen molar-refractivity contribution in [1.82, 2.24) is 0 Å². The van der Waals surface area contributed by atoms with Crippen LogP contribution in [0, 0.1) is 0 Å². The van der Waals surface area contributed by atoms with Gasteiger partial charge in [0.1, 0.15) is 30.7 Å². The third-order valence-corrected chi connectivity index (χ3v) is 2.30. The minimum Gasteiger partial charge on any atom is -0.394 e. The van der Waals surface area contributed by atoms with E-state index >= 15 is 0 Å². The molecule has 0 aliphatic heterocycles. The summed E-state index contributed by atoms with van der Waals surface area (Å²) in [7, 11) is 0. The van der Waals surface area contributed by atoms with Gasteiger partial charge in [-0.05, 0) is 6.92 Å². The number of hydrogen-bond donors (Lipinski definition) is 7. The molecular weight excluding hydrogens is 276 g/mol. The quantitative estimate of drug-likeness (QED) is 0.220. The van der Waals surface area contributed by atoms with Crippen molar-refractivity contribution in [3.63, 3.8) is 0 Å². The molecule has 0 saturated carbocycles. The van der Waals surface area contributed by atoms with Crippen LogP contribution in [0.1, 0.15) is 13.3 Å². The van der Waals surface area contributed by atoms with E-state index < -0.39 is 43.2 Å². The van der Waals surface area contributed by atoms with Gasteiger partial charge in [0.25, 0.3) is 0 Å². The van der Waals surface area contributed by atoms with Gasteiger partial charge in [-0.3, -0.25) is 0 Å². The number of carbonyl (C=O) groups excluding carboxylic acids is 2. The van der Waals surface area contributed by atoms with E-state index in [1.54, 1.807) is 0 Å². The molecule has 0 aliphatic carbocycles. The predicted molar refractivity (Wildman–Crippen MR) is 65.5 cm³/mol. The van der Waals surface area contributed by atoms with Gasteiger partial charge < -0.3 is 45.3 Å². The highest BCUT2D eigenvalue weighted by atomic mass is 16.4. The first-order valence-corrected chi connectivity index (χ1v) is 5.81. The zero-order chi connectivity index (χ0) is 16.3. The van der Waals surface area contributed by atoms with Crippen molar-refractivity contribution in [2.45, 2.75) is 50.0 Å². The molecule has 9 nitrogen and oxygen atoms in total. The topological polar surface area (TPSA) is 176 Å². The Labute approximate surface area is 115 Å². The van der Waals surface area contributed by atoms with Crippen LogP contribution >= 0.6 is 0 Å². The summed E-state index contributed by atoms with van der Waals surface area (Å²) in [6.45, 7) is 0.723. The van der Waals surface area contributed by atoms with Gasteiger partial charge in [-0.25, -0.2) is 0 Å². The number of hydrogen-bond acceptors (Lipinski definition) is 9. The Morgan fingerprint density at radius 1 is 0.900 bits per heavy atom. The summed E-state index contributed by atoms with van der Waals surface area (Å²) in [4.78, 5) is 19.6. The average molecular weight is 298 g/mol. The summed E-state index contributed by atoms with van der Waals surface area (Å²) in [5.74, 6) is 0. The molecule has 0 aromatic carbocycles. The van der Waals surface area contributed by atoms with E-state index in [1.165, 1.54) is 6.92 Å². The van der Waals surface area contributed by atoms with E-state index in [0.29, 0.717) is 6.29 Å². The third kappa shape index (κ3) is 9.04. The van der Waals surface area contributed by atoms with Gasteiger partial charge in [0.2, 0.25) is 0 Å². The minimum atomic E-state index is -1.65. The molecule has 0 aromatic rings. The van der Waals surface area contributed by atoms with Crippen molar-refractivity contribution >= 4 is 12.6 Å². The van der Waals surface area contributed by atoms with E-state index in [1.807, 2.05) is 0 Å². The van der Waals surface area contributed by atoms with E-state index in [0.717, 1.165) is 0 Å². The molecule has 0 amide bonds. The number of aldehydes is 2. The molecule has 0 heterocycles. The third-order valence-electron chi connectivity index (χ3n) is 2.30. The Kier molecular flexibility index (Phi) is 12.7. The molecule has 0 aliphatic rings. The smallest absolute Gasteiger partial charge is 0.151 e. The van der Waals surface area contributed by atoms with Gasteiger partial charge in [0.15, 0.2) is 6.29 Å². The molecule has 0 saturated heterocycles. The van der Waals surface area contributed by atoms with E-state index in [-0.39, 0.29) is 12.7 Å². The van der Waals surface area contributed by atoms with Crippen LogP contribution in [0.25, 0.3) is 0 Å². The fourth-order valence-corrected chi connectivity index (χ4v) is 0.945. The summed E-state index contributed by atoms with van der Waals surface area (Å²) < 4.78 is 0. The fraction of sp³-hybridized carbons (Fsp3) is 0.818. The van der Waals surface area contributed by atoms with Crippen LogP contribution in [-0.2, 0) is 9.59 Å². The van der Waals surface area contributed by atoms with Crippen LogP contribution in [0.3, 0.4) is 0 Å². The molecule has 0 fully saturated rings. The van der Waals surface area contributed by atoms with Crippen LogP contribution in [0.5, 0.6) is 0 Å². The maximum absolute atomic E-state index is 9.87. The van der Waals surface area contributed by atoms with Crippen LogP contribution < -0.4 is 0 Å². The molecule has 6 atom stereocenters. The number of aliphatic hydroxyl groups excluding tert-OH is 7. The molecule has 120 valence electrons. The Morgan fingerprint density at radius 3 is 1.70 bits per heavy atom. The Hall–Kier alpha value is -0.940. The summed E-state index contributed by atoms with van der Waals surface area (Å²) in [6, 6.07) is 0. The lowest BCUT2D eigenvalue weighted by molar-refractivity contribution is -0.132. The number of carbonyl (C=O) groups is 2. The molecule has 0 aromatic heterocycles. The van der Waals surface area contributed by atoms with Gasteiger partial charge in [-0.2, -0.15) is 0 Å². The lowest BCUT2D eigenvalue weighted by Gasteiger charge is -2.21. The predicted octanol–water partition coefficient (Wildman–Crippen LogP) is -4.06. The highest BCUT2D eigenvalue weighted by Crippen LogP contribution is 2.02. The van der Waals surface area contributed by atoms with Gasteiger partial charge in [-0.1, -0.05) is 0 Å². The molecule has 9 heteroatoms. The standard InChI is InChI=1S/C6H12O5.C5H10O4/c1-3(8)5(10)6(11)4(9)2-7;6-2-1-4(8)5(9)3-7/h2-6,8-11H,1H3;2,4-5,7-9H,1,3H2. The van der Waals surface area contributed by atoms with Crippen LogP contribution in [0.15, 0.2) is 0 Å². The van der Waals surface area contributed by atoms with Crippen molar-refractivity contribution in [3.8, 4) is 0 Å². The van der Waals surface area contributed by atoms with Crippen molar-refractivity contribution < 1.29 is 45.3 Å². The lowest BCUT2D eigenvalue weighted by Crippen LogP contribution is -2.43. The SMILES string of the molecule is CC(O)C(O)C(O)C(O)C=O.O=CCC(O)C(O)CO. The Bertz CT molecular complexity index is 258. The fourth-order valence-electron chi connectivity index (χ4n) is 0.945. The first kappa shape index (κ1) is 21.4. The average Bonchev–Trinajstić information content (AvgIpc) is 2.44. The zero-order valence-corrected chi connectivity index (χ0v) is 11.0. The van der Waals surface area contributed by atoms with E-state index in [9.17, 15) is 9.59 Å². The van der Waals surface area contributed by atoms with Gasteiger partial charge >= 0.3 is 0 Å². The Morgan fingerprint density at radius 2 is 1.40 bits per heavy atom. The van der Waals surface area contributed by atoms with E-state index in [4.69, 9.17) is 35.7 Å². The summed E-state index contributed by atoms with van der Waals surface area (Å²) >= 11 is 0. The summed E-state index contributed by atoms with van der Waals surface area (Å²) in [5, 5.41) is 60.6. The molecule has 0 bridgehead atoms. The number of aliphatic hydroxyl groups is 7. The summed E-state index contributed by atoms with van der Waals surface area (Å²) in [6.07, 6.45) is -7.86. The van der Waals surface area contributed by atoms with Gasteiger partial charge in [0.05, 0.1) is 18.8 Å². The molecule has 0 spiro atoms. The second kappa shape index (κ2) is 11.9. The second-order valence-corrected chi connectivity index (χ2v) is 4.07. The maximum atomic E-state index is 9.87. The van der Waals surface area contributed by atoms with Gasteiger partial charge in [-0.15, -0.1) is 0 Å². The zero-order valence-electron chi connectivity index (χ0n) is 11.0. The van der Waals surface area contributed by atoms with Crippen molar-refractivity contribution in [3.05, 3.63) is 0 Å². The van der Waals surface area contributed by atoms with E-state index in [2.05, 4.69) is 0 Å². The van der Waals surface area contributed by atoms with Crippen molar-refractivity contribution in [1.29, 1.82) is 0 Å². The monoisotopic (exact) mass is 298 g/mol. The largest absolute Gasteiger partial charge is 0.394 e. The van der Waals surface area contributed by atoms with Crippen LogP contribution in [-0.4, -0.2) is 91.5 Å². The first-order chi connectivity index (χ1) is 9.22. The second-order valence-electron chi connectivity index (χ2n) is 4.07. The molecule has 0 rings (SSSR count). The Balaban J connectivity index is 0. The molecule has 0 radical (unpaired) electrons. The van der Waals surface area contributed by atoms with Gasteiger partial charge in [0, 0.05) is 6.42 Å². The maximum Gasteiger partial charge on any atom is 0.151 e.